The number of carbonyl (C=O) groups excluding carboxylic acids is 1. The predicted molar refractivity (Wildman–Crippen MR) is 100 cm³/mol. The number of aromatic nitrogens is 2. The average Bonchev–Trinajstić information content (AvgIpc) is 2.87. The topological polar surface area (TPSA) is 57.9 Å². The SMILES string of the molecule is CCCN1C(=O)C2CCC1CN(Cc1cc(=O)n3cc(Cl)ccc3n1)C2. The van der Waals surface area contributed by atoms with Crippen LogP contribution in [0.25, 0.3) is 5.65 Å². The lowest BCUT2D eigenvalue weighted by atomic mass is 9.94. The summed E-state index contributed by atoms with van der Waals surface area (Å²) >= 11 is 5.96. The number of rotatable bonds is 4. The molecule has 0 aromatic carbocycles. The van der Waals surface area contributed by atoms with Crippen LogP contribution in [-0.2, 0) is 11.3 Å². The summed E-state index contributed by atoms with van der Waals surface area (Å²) in [5.41, 5.74) is 1.21. The number of nitrogens with zero attached hydrogens (tertiary/aromatic N) is 4. The molecule has 7 heteroatoms. The smallest absolute Gasteiger partial charge is 0.258 e. The summed E-state index contributed by atoms with van der Waals surface area (Å²) in [5.74, 6) is 0.368. The van der Waals surface area contributed by atoms with Crippen molar-refractivity contribution >= 4 is 23.2 Å². The van der Waals surface area contributed by atoms with E-state index >= 15 is 0 Å². The normalized spacial score (nSPS) is 23.6. The first-order chi connectivity index (χ1) is 12.5. The summed E-state index contributed by atoms with van der Waals surface area (Å²) in [4.78, 5) is 34.0. The van der Waals surface area contributed by atoms with Gasteiger partial charge in [-0.2, -0.15) is 0 Å². The van der Waals surface area contributed by atoms with Crippen LogP contribution < -0.4 is 5.56 Å². The van der Waals surface area contributed by atoms with Gasteiger partial charge in [0.1, 0.15) is 5.65 Å². The molecular formula is C19H23ClN4O2. The lowest BCUT2D eigenvalue weighted by Gasteiger charge is -2.35. The molecule has 0 saturated carbocycles. The van der Waals surface area contributed by atoms with Gasteiger partial charge >= 0.3 is 0 Å². The van der Waals surface area contributed by atoms with E-state index in [1.54, 1.807) is 24.4 Å². The number of hydrogen-bond donors (Lipinski definition) is 0. The summed E-state index contributed by atoms with van der Waals surface area (Å²) in [6.45, 7) is 5.14. The molecule has 138 valence electrons. The van der Waals surface area contributed by atoms with E-state index in [1.807, 2.05) is 0 Å². The van der Waals surface area contributed by atoms with Crippen LogP contribution in [0.5, 0.6) is 0 Å². The Morgan fingerprint density at radius 1 is 1.23 bits per heavy atom. The molecule has 0 N–H and O–H groups in total. The highest BCUT2D eigenvalue weighted by molar-refractivity contribution is 6.30. The molecular weight excluding hydrogens is 352 g/mol. The molecule has 5 heterocycles. The van der Waals surface area contributed by atoms with Gasteiger partial charge in [-0.1, -0.05) is 18.5 Å². The summed E-state index contributed by atoms with van der Waals surface area (Å²) in [5, 5.41) is 0.507. The summed E-state index contributed by atoms with van der Waals surface area (Å²) in [6.07, 6.45) is 4.61. The van der Waals surface area contributed by atoms with Crippen molar-refractivity contribution in [3.8, 4) is 0 Å². The molecule has 3 aliphatic heterocycles. The molecule has 5 rings (SSSR count). The monoisotopic (exact) mass is 374 g/mol. The quantitative estimate of drug-likeness (QED) is 0.823. The second-order valence-electron chi connectivity index (χ2n) is 7.32. The van der Waals surface area contributed by atoms with Crippen LogP contribution in [0.15, 0.2) is 29.2 Å². The highest BCUT2D eigenvalue weighted by Crippen LogP contribution is 2.29. The molecule has 1 amide bonds. The molecule has 0 spiro atoms. The zero-order valence-corrected chi connectivity index (χ0v) is 15.7. The third-order valence-electron chi connectivity index (χ3n) is 5.40. The van der Waals surface area contributed by atoms with Crippen LogP contribution >= 0.6 is 11.6 Å². The van der Waals surface area contributed by atoms with Gasteiger partial charge < -0.3 is 4.90 Å². The van der Waals surface area contributed by atoms with Crippen molar-refractivity contribution in [1.29, 1.82) is 0 Å². The fourth-order valence-corrected chi connectivity index (χ4v) is 4.39. The zero-order valence-electron chi connectivity index (χ0n) is 14.9. The number of pyridine rings is 1. The summed E-state index contributed by atoms with van der Waals surface area (Å²) in [6, 6.07) is 5.34. The fourth-order valence-electron chi connectivity index (χ4n) is 4.23. The minimum absolute atomic E-state index is 0.0701. The first kappa shape index (κ1) is 17.5. The first-order valence-corrected chi connectivity index (χ1v) is 9.63. The van der Waals surface area contributed by atoms with E-state index in [-0.39, 0.29) is 17.5 Å². The van der Waals surface area contributed by atoms with Gasteiger partial charge in [0.2, 0.25) is 5.91 Å². The summed E-state index contributed by atoms with van der Waals surface area (Å²) < 4.78 is 1.46. The number of halogens is 1. The molecule has 2 aromatic rings. The van der Waals surface area contributed by atoms with Crippen molar-refractivity contribution in [2.24, 2.45) is 5.92 Å². The van der Waals surface area contributed by atoms with Gasteiger partial charge in [0.15, 0.2) is 0 Å². The Morgan fingerprint density at radius 3 is 2.88 bits per heavy atom. The molecule has 2 unspecified atom stereocenters. The van der Waals surface area contributed by atoms with E-state index in [1.165, 1.54) is 4.40 Å². The van der Waals surface area contributed by atoms with Crippen molar-refractivity contribution in [2.75, 3.05) is 19.6 Å². The van der Waals surface area contributed by atoms with Crippen LogP contribution in [0.3, 0.4) is 0 Å². The van der Waals surface area contributed by atoms with Crippen molar-refractivity contribution in [3.05, 3.63) is 45.5 Å². The number of hydrogen-bond acceptors (Lipinski definition) is 4. The first-order valence-electron chi connectivity index (χ1n) is 9.26. The number of carbonyl (C=O) groups is 1. The van der Waals surface area contributed by atoms with Gasteiger partial charge in [-0.25, -0.2) is 4.98 Å². The van der Waals surface area contributed by atoms with Crippen molar-refractivity contribution in [3.63, 3.8) is 0 Å². The second-order valence-corrected chi connectivity index (χ2v) is 7.75. The Bertz CT molecular complexity index is 897. The van der Waals surface area contributed by atoms with Gasteiger partial charge in [0.25, 0.3) is 5.56 Å². The number of piperidine rings is 1. The maximum absolute atomic E-state index is 12.7. The van der Waals surface area contributed by atoms with Gasteiger partial charge in [-0.05, 0) is 31.4 Å². The van der Waals surface area contributed by atoms with Crippen molar-refractivity contribution in [1.82, 2.24) is 19.2 Å². The second kappa shape index (κ2) is 7.00. The molecule has 3 aliphatic rings. The molecule has 2 aromatic heterocycles. The van der Waals surface area contributed by atoms with E-state index < -0.39 is 0 Å². The molecule has 2 bridgehead atoms. The molecule has 3 fully saturated rings. The molecule has 2 atom stereocenters. The minimum Gasteiger partial charge on any atom is -0.338 e. The Labute approximate surface area is 157 Å². The number of amides is 1. The van der Waals surface area contributed by atoms with Crippen LogP contribution in [0.4, 0.5) is 0 Å². The van der Waals surface area contributed by atoms with Crippen LogP contribution in [0.1, 0.15) is 31.9 Å². The van der Waals surface area contributed by atoms with E-state index in [0.29, 0.717) is 23.1 Å². The third kappa shape index (κ3) is 3.23. The van der Waals surface area contributed by atoms with E-state index in [2.05, 4.69) is 21.7 Å². The lowest BCUT2D eigenvalue weighted by molar-refractivity contribution is -0.139. The van der Waals surface area contributed by atoms with Gasteiger partial charge in [0, 0.05) is 44.5 Å². The maximum atomic E-state index is 12.7. The molecule has 26 heavy (non-hydrogen) atoms. The number of fused-ring (bicyclic) bond motifs is 5. The van der Waals surface area contributed by atoms with E-state index in [0.717, 1.165) is 44.6 Å². The van der Waals surface area contributed by atoms with Crippen molar-refractivity contribution in [2.45, 2.75) is 38.8 Å². The molecule has 6 nitrogen and oxygen atoms in total. The van der Waals surface area contributed by atoms with Crippen LogP contribution in [-0.4, -0.2) is 50.8 Å². The predicted octanol–water partition coefficient (Wildman–Crippen LogP) is 2.18. The Morgan fingerprint density at radius 2 is 2.08 bits per heavy atom. The molecule has 0 radical (unpaired) electrons. The third-order valence-corrected chi connectivity index (χ3v) is 5.62. The standard InChI is InChI=1S/C19H23ClN4O2/c1-2-7-23-16-5-3-13(19(23)26)9-22(12-16)11-15-8-18(25)24-10-14(20)4-6-17(24)21-15/h4,6,8,10,13,16H,2-3,5,7,9,11-12H2,1H3. The van der Waals surface area contributed by atoms with Crippen LogP contribution in [0.2, 0.25) is 5.02 Å². The fraction of sp³-hybridized carbons (Fsp3) is 0.526. The maximum Gasteiger partial charge on any atom is 0.258 e. The van der Waals surface area contributed by atoms with Gasteiger partial charge in [-0.3, -0.25) is 18.9 Å². The molecule has 0 aliphatic carbocycles. The summed E-state index contributed by atoms with van der Waals surface area (Å²) in [7, 11) is 0. The zero-order chi connectivity index (χ0) is 18.3. The van der Waals surface area contributed by atoms with E-state index in [9.17, 15) is 9.59 Å². The van der Waals surface area contributed by atoms with Gasteiger partial charge in [0.05, 0.1) is 16.6 Å². The molecule has 3 saturated heterocycles. The highest BCUT2D eigenvalue weighted by atomic mass is 35.5. The van der Waals surface area contributed by atoms with Gasteiger partial charge in [-0.15, -0.1) is 0 Å². The van der Waals surface area contributed by atoms with E-state index in [4.69, 9.17) is 11.6 Å². The Balaban J connectivity index is 1.58. The van der Waals surface area contributed by atoms with Crippen LogP contribution in [0, 0.1) is 5.92 Å². The Kier molecular flexibility index (Phi) is 4.71. The average molecular weight is 375 g/mol. The minimum atomic E-state index is -0.131. The lowest BCUT2D eigenvalue weighted by Crippen LogP contribution is -2.48. The highest BCUT2D eigenvalue weighted by Gasteiger charge is 2.40. The van der Waals surface area contributed by atoms with Crippen molar-refractivity contribution < 1.29 is 4.79 Å². The largest absolute Gasteiger partial charge is 0.338 e. The Hall–Kier alpha value is -1.92.